The zero-order chi connectivity index (χ0) is 19.7. The fourth-order valence-corrected chi connectivity index (χ4v) is 3.70. The molecule has 6 nitrogen and oxygen atoms in total. The van der Waals surface area contributed by atoms with Gasteiger partial charge < -0.3 is 10.2 Å². The molecule has 28 heavy (non-hydrogen) atoms. The fourth-order valence-electron chi connectivity index (χ4n) is 3.70. The van der Waals surface area contributed by atoms with Crippen LogP contribution in [-0.2, 0) is 6.42 Å². The molecule has 1 aromatic carbocycles. The molecule has 144 valence electrons. The van der Waals surface area contributed by atoms with Gasteiger partial charge in [-0.25, -0.2) is 4.98 Å². The summed E-state index contributed by atoms with van der Waals surface area (Å²) >= 11 is 0. The largest absolute Gasteiger partial charge is 0.329 e. The summed E-state index contributed by atoms with van der Waals surface area (Å²) in [5, 5.41) is 3.36. The van der Waals surface area contributed by atoms with Crippen LogP contribution in [0.4, 0.5) is 0 Å². The van der Waals surface area contributed by atoms with Gasteiger partial charge in [-0.3, -0.25) is 14.0 Å². The SMILES string of the molecule is CCc1ccc(C2CNCCN2C(=O)c2cnc3cc(C)ccn3c2=O)cc1. The van der Waals surface area contributed by atoms with Crippen molar-refractivity contribution in [2.24, 2.45) is 0 Å². The highest BCUT2D eigenvalue weighted by molar-refractivity contribution is 5.94. The van der Waals surface area contributed by atoms with Gasteiger partial charge in [0.25, 0.3) is 11.5 Å². The molecule has 0 aliphatic carbocycles. The molecule has 1 amide bonds. The molecule has 6 heteroatoms. The Morgan fingerprint density at radius 1 is 1.25 bits per heavy atom. The first-order chi connectivity index (χ1) is 13.6. The first-order valence-electron chi connectivity index (χ1n) is 9.67. The molecule has 1 saturated heterocycles. The first-order valence-corrected chi connectivity index (χ1v) is 9.67. The summed E-state index contributed by atoms with van der Waals surface area (Å²) in [6, 6.07) is 11.9. The Kier molecular flexibility index (Phi) is 4.96. The molecular formula is C22H24N4O2. The van der Waals surface area contributed by atoms with Crippen molar-refractivity contribution in [1.82, 2.24) is 19.6 Å². The number of carbonyl (C=O) groups excluding carboxylic acids is 1. The number of nitrogens with one attached hydrogen (secondary N) is 1. The standard InChI is InChI=1S/C22H24N4O2/c1-3-16-4-6-17(7-5-16)19-14-23-9-11-25(19)21(27)18-13-24-20-12-15(2)8-10-26(20)22(18)28/h4-8,10,12-13,19,23H,3,9,11,14H2,1-2H3. The van der Waals surface area contributed by atoms with Crippen LogP contribution in [0, 0.1) is 6.92 Å². The lowest BCUT2D eigenvalue weighted by molar-refractivity contribution is 0.0632. The van der Waals surface area contributed by atoms with E-state index in [2.05, 4.69) is 41.5 Å². The summed E-state index contributed by atoms with van der Waals surface area (Å²) in [6.07, 6.45) is 4.07. The number of hydrogen-bond donors (Lipinski definition) is 1. The Hall–Kier alpha value is -2.99. The maximum atomic E-state index is 13.3. The number of aromatic nitrogens is 2. The average molecular weight is 376 g/mol. The summed E-state index contributed by atoms with van der Waals surface area (Å²) < 4.78 is 1.44. The summed E-state index contributed by atoms with van der Waals surface area (Å²) in [5.41, 5.74) is 3.68. The van der Waals surface area contributed by atoms with Crippen molar-refractivity contribution in [2.45, 2.75) is 26.3 Å². The van der Waals surface area contributed by atoms with E-state index in [0.717, 1.165) is 17.5 Å². The minimum Gasteiger partial charge on any atom is -0.329 e. The second-order valence-corrected chi connectivity index (χ2v) is 7.22. The lowest BCUT2D eigenvalue weighted by Gasteiger charge is -2.36. The molecule has 0 saturated carbocycles. The predicted octanol–water partition coefficient (Wildman–Crippen LogP) is 2.35. The van der Waals surface area contributed by atoms with Crippen LogP contribution in [0.3, 0.4) is 0 Å². The number of amides is 1. The topological polar surface area (TPSA) is 66.7 Å². The molecule has 2 aromatic heterocycles. The van der Waals surface area contributed by atoms with Gasteiger partial charge in [-0.15, -0.1) is 0 Å². The van der Waals surface area contributed by atoms with Gasteiger partial charge in [0.2, 0.25) is 0 Å². The van der Waals surface area contributed by atoms with Crippen LogP contribution < -0.4 is 10.9 Å². The van der Waals surface area contributed by atoms with Gasteiger partial charge in [-0.1, -0.05) is 31.2 Å². The predicted molar refractivity (Wildman–Crippen MR) is 109 cm³/mol. The van der Waals surface area contributed by atoms with Crippen LogP contribution >= 0.6 is 0 Å². The van der Waals surface area contributed by atoms with E-state index >= 15 is 0 Å². The van der Waals surface area contributed by atoms with Crippen LogP contribution in [0.5, 0.6) is 0 Å². The van der Waals surface area contributed by atoms with E-state index in [1.165, 1.54) is 16.2 Å². The molecule has 4 rings (SSSR count). The van der Waals surface area contributed by atoms with Gasteiger partial charge in [-0.2, -0.15) is 0 Å². The van der Waals surface area contributed by atoms with Crippen LogP contribution in [0.1, 0.15) is 40.0 Å². The normalized spacial score (nSPS) is 17.1. The number of benzene rings is 1. The monoisotopic (exact) mass is 376 g/mol. The maximum Gasteiger partial charge on any atom is 0.270 e. The zero-order valence-corrected chi connectivity index (χ0v) is 16.2. The Bertz CT molecular complexity index is 1070. The molecule has 1 atom stereocenters. The van der Waals surface area contributed by atoms with Crippen molar-refractivity contribution >= 4 is 11.6 Å². The molecule has 0 radical (unpaired) electrons. The van der Waals surface area contributed by atoms with Crippen molar-refractivity contribution < 1.29 is 4.79 Å². The Morgan fingerprint density at radius 2 is 2.04 bits per heavy atom. The van der Waals surface area contributed by atoms with Crippen LogP contribution in [-0.4, -0.2) is 39.8 Å². The van der Waals surface area contributed by atoms with Crippen LogP contribution in [0.2, 0.25) is 0 Å². The molecule has 3 heterocycles. The Morgan fingerprint density at radius 3 is 2.79 bits per heavy atom. The van der Waals surface area contributed by atoms with Gasteiger partial charge in [-0.05, 0) is 42.2 Å². The number of rotatable bonds is 3. The van der Waals surface area contributed by atoms with Crippen LogP contribution in [0.25, 0.3) is 5.65 Å². The molecule has 3 aromatic rings. The van der Waals surface area contributed by atoms with Crippen molar-refractivity contribution in [3.63, 3.8) is 0 Å². The molecule has 1 N–H and O–H groups in total. The van der Waals surface area contributed by atoms with Gasteiger partial charge in [0.05, 0.1) is 6.04 Å². The number of nitrogens with zero attached hydrogens (tertiary/aromatic N) is 3. The Balaban J connectivity index is 1.70. The Labute approximate surface area is 163 Å². The second-order valence-electron chi connectivity index (χ2n) is 7.22. The highest BCUT2D eigenvalue weighted by Crippen LogP contribution is 2.24. The van der Waals surface area contributed by atoms with Crippen molar-refractivity contribution in [1.29, 1.82) is 0 Å². The molecule has 1 fully saturated rings. The molecule has 1 aliphatic heterocycles. The summed E-state index contributed by atoms with van der Waals surface area (Å²) in [6.45, 7) is 5.99. The minimum atomic E-state index is -0.325. The van der Waals surface area contributed by atoms with E-state index in [-0.39, 0.29) is 23.1 Å². The summed E-state index contributed by atoms with van der Waals surface area (Å²) in [5.74, 6) is -0.265. The molecule has 0 spiro atoms. The molecule has 1 aliphatic rings. The minimum absolute atomic E-state index is 0.106. The molecular weight excluding hydrogens is 352 g/mol. The summed E-state index contributed by atoms with van der Waals surface area (Å²) in [4.78, 5) is 32.3. The molecule has 1 unspecified atom stereocenters. The zero-order valence-electron chi connectivity index (χ0n) is 16.2. The third-order valence-electron chi connectivity index (χ3n) is 5.37. The number of aryl methyl sites for hydroxylation is 2. The highest BCUT2D eigenvalue weighted by Gasteiger charge is 2.30. The number of carbonyl (C=O) groups is 1. The first kappa shape index (κ1) is 18.4. The van der Waals surface area contributed by atoms with E-state index in [1.54, 1.807) is 11.1 Å². The van der Waals surface area contributed by atoms with Gasteiger partial charge in [0.15, 0.2) is 0 Å². The van der Waals surface area contributed by atoms with Gasteiger partial charge >= 0.3 is 0 Å². The number of piperazine rings is 1. The fraction of sp³-hybridized carbons (Fsp3) is 0.318. The van der Waals surface area contributed by atoms with E-state index < -0.39 is 0 Å². The number of fused-ring (bicyclic) bond motifs is 1. The van der Waals surface area contributed by atoms with Gasteiger partial charge in [0.1, 0.15) is 11.2 Å². The smallest absolute Gasteiger partial charge is 0.270 e. The van der Waals surface area contributed by atoms with Crippen LogP contribution in [0.15, 0.2) is 53.6 Å². The summed E-state index contributed by atoms with van der Waals surface area (Å²) in [7, 11) is 0. The van der Waals surface area contributed by atoms with Gasteiger partial charge in [0, 0.05) is 32.0 Å². The third-order valence-corrected chi connectivity index (χ3v) is 5.37. The lowest BCUT2D eigenvalue weighted by atomic mass is 10.0. The third kappa shape index (κ3) is 3.31. The lowest BCUT2D eigenvalue weighted by Crippen LogP contribution is -2.49. The molecule has 0 bridgehead atoms. The van der Waals surface area contributed by atoms with Crippen molar-refractivity contribution in [2.75, 3.05) is 19.6 Å². The highest BCUT2D eigenvalue weighted by atomic mass is 16.2. The van der Waals surface area contributed by atoms with Crippen molar-refractivity contribution in [3.05, 3.63) is 81.4 Å². The second kappa shape index (κ2) is 7.56. The van der Waals surface area contributed by atoms with E-state index in [1.807, 2.05) is 19.1 Å². The van der Waals surface area contributed by atoms with Crippen molar-refractivity contribution in [3.8, 4) is 0 Å². The average Bonchev–Trinajstić information content (AvgIpc) is 2.73. The quantitative estimate of drug-likeness (QED) is 0.762. The number of pyridine rings is 1. The maximum absolute atomic E-state index is 13.3. The van der Waals surface area contributed by atoms with E-state index in [0.29, 0.717) is 25.3 Å². The van der Waals surface area contributed by atoms with E-state index in [9.17, 15) is 9.59 Å². The number of hydrogen-bond acceptors (Lipinski definition) is 4. The van der Waals surface area contributed by atoms with E-state index in [4.69, 9.17) is 0 Å².